The van der Waals surface area contributed by atoms with Gasteiger partial charge in [-0.05, 0) is 60.7 Å². The second-order valence-corrected chi connectivity index (χ2v) is 7.28. The lowest BCUT2D eigenvalue weighted by molar-refractivity contribution is 0.248. The lowest BCUT2D eigenvalue weighted by atomic mass is 10.1. The Bertz CT molecular complexity index is 935. The van der Waals surface area contributed by atoms with E-state index in [1.165, 1.54) is 5.56 Å². The summed E-state index contributed by atoms with van der Waals surface area (Å²) in [6.07, 6.45) is 4.04. The molecule has 0 unspecified atom stereocenters. The van der Waals surface area contributed by atoms with E-state index in [1.807, 2.05) is 54.1 Å². The Balaban J connectivity index is 1.33. The smallest absolute Gasteiger partial charge is 0.319 e. The summed E-state index contributed by atoms with van der Waals surface area (Å²) in [6.45, 7) is 2.02. The molecule has 0 aliphatic heterocycles. The lowest BCUT2D eigenvalue weighted by Gasteiger charge is -2.15. The number of aryl methyl sites for hydroxylation is 1. The van der Waals surface area contributed by atoms with Crippen LogP contribution in [0.15, 0.2) is 54.6 Å². The fourth-order valence-electron chi connectivity index (χ4n) is 3.18. The largest absolute Gasteiger partial charge is 0.335 e. The van der Waals surface area contributed by atoms with E-state index in [0.29, 0.717) is 6.04 Å². The Morgan fingerprint density at radius 2 is 2.00 bits per heavy atom. The monoisotopic (exact) mass is 376 g/mol. The first-order valence-corrected chi connectivity index (χ1v) is 9.69. The molecule has 1 heterocycles. The average molecular weight is 376 g/mol. The molecule has 7 heteroatoms. The van der Waals surface area contributed by atoms with E-state index in [9.17, 15) is 4.79 Å². The average Bonchev–Trinajstić information content (AvgIpc) is 3.43. The van der Waals surface area contributed by atoms with E-state index in [1.54, 1.807) is 0 Å². The number of amides is 2. The SMILES string of the molecule is C[C@H](CCc1ccccc1)NC(=O)Nc1cccc(-c2nnnn2C2CC2)c1. The number of hydrogen-bond donors (Lipinski definition) is 2. The van der Waals surface area contributed by atoms with Crippen molar-refractivity contribution in [2.75, 3.05) is 5.32 Å². The van der Waals surface area contributed by atoms with Crippen LogP contribution in [0.1, 0.15) is 37.8 Å². The zero-order chi connectivity index (χ0) is 19.3. The minimum atomic E-state index is -0.209. The molecule has 0 spiro atoms. The molecule has 2 aromatic carbocycles. The Morgan fingerprint density at radius 3 is 2.79 bits per heavy atom. The van der Waals surface area contributed by atoms with Crippen LogP contribution in [0, 0.1) is 0 Å². The highest BCUT2D eigenvalue weighted by molar-refractivity contribution is 5.90. The van der Waals surface area contributed by atoms with Gasteiger partial charge >= 0.3 is 6.03 Å². The first-order chi connectivity index (χ1) is 13.7. The van der Waals surface area contributed by atoms with Crippen LogP contribution in [-0.2, 0) is 6.42 Å². The van der Waals surface area contributed by atoms with Gasteiger partial charge in [0, 0.05) is 17.3 Å². The van der Waals surface area contributed by atoms with Gasteiger partial charge in [-0.2, -0.15) is 0 Å². The normalized spacial score (nSPS) is 14.5. The summed E-state index contributed by atoms with van der Waals surface area (Å²) in [5, 5.41) is 17.9. The predicted octanol–water partition coefficient (Wildman–Crippen LogP) is 3.82. The molecule has 2 amide bonds. The predicted molar refractivity (Wildman–Crippen MR) is 108 cm³/mol. The van der Waals surface area contributed by atoms with Crippen molar-refractivity contribution in [1.29, 1.82) is 0 Å². The quantitative estimate of drug-likeness (QED) is 0.656. The number of aromatic nitrogens is 4. The minimum Gasteiger partial charge on any atom is -0.335 e. The van der Waals surface area contributed by atoms with Gasteiger partial charge in [0.2, 0.25) is 0 Å². The Kier molecular flexibility index (Phi) is 5.32. The summed E-state index contributed by atoms with van der Waals surface area (Å²) >= 11 is 0. The number of rotatable bonds is 7. The third kappa shape index (κ3) is 4.54. The molecule has 1 atom stereocenters. The molecule has 0 saturated heterocycles. The molecule has 1 aliphatic rings. The first kappa shape index (κ1) is 18.2. The molecule has 0 radical (unpaired) electrons. The van der Waals surface area contributed by atoms with Crippen molar-refractivity contribution in [1.82, 2.24) is 25.5 Å². The number of benzene rings is 2. The van der Waals surface area contributed by atoms with Crippen LogP contribution in [0.3, 0.4) is 0 Å². The molecule has 4 rings (SSSR count). The number of nitrogens with one attached hydrogen (secondary N) is 2. The summed E-state index contributed by atoms with van der Waals surface area (Å²) in [5.41, 5.74) is 2.89. The fraction of sp³-hybridized carbons (Fsp3) is 0.333. The highest BCUT2D eigenvalue weighted by Gasteiger charge is 2.28. The van der Waals surface area contributed by atoms with Crippen LogP contribution in [0.25, 0.3) is 11.4 Å². The summed E-state index contributed by atoms with van der Waals surface area (Å²) < 4.78 is 1.87. The third-order valence-electron chi connectivity index (χ3n) is 4.85. The van der Waals surface area contributed by atoms with Crippen molar-refractivity contribution in [3.63, 3.8) is 0 Å². The van der Waals surface area contributed by atoms with Crippen LogP contribution in [0.2, 0.25) is 0 Å². The van der Waals surface area contributed by atoms with Gasteiger partial charge in [0.15, 0.2) is 5.82 Å². The second-order valence-electron chi connectivity index (χ2n) is 7.28. The highest BCUT2D eigenvalue weighted by atomic mass is 16.2. The number of carbonyl (C=O) groups is 1. The zero-order valence-electron chi connectivity index (χ0n) is 15.9. The number of hydrogen-bond acceptors (Lipinski definition) is 4. The van der Waals surface area contributed by atoms with Gasteiger partial charge in [0.25, 0.3) is 0 Å². The number of tetrazole rings is 1. The lowest BCUT2D eigenvalue weighted by Crippen LogP contribution is -2.36. The van der Waals surface area contributed by atoms with Gasteiger partial charge < -0.3 is 10.6 Å². The molecule has 0 bridgehead atoms. The summed E-state index contributed by atoms with van der Waals surface area (Å²) in [6, 6.07) is 18.2. The van der Waals surface area contributed by atoms with Gasteiger partial charge in [-0.1, -0.05) is 42.5 Å². The highest BCUT2D eigenvalue weighted by Crippen LogP contribution is 2.36. The van der Waals surface area contributed by atoms with E-state index in [-0.39, 0.29) is 12.1 Å². The maximum Gasteiger partial charge on any atom is 0.319 e. The molecule has 7 nitrogen and oxygen atoms in total. The van der Waals surface area contributed by atoms with E-state index in [2.05, 4.69) is 38.3 Å². The first-order valence-electron chi connectivity index (χ1n) is 9.69. The molecule has 1 fully saturated rings. The Morgan fingerprint density at radius 1 is 1.18 bits per heavy atom. The van der Waals surface area contributed by atoms with Crippen molar-refractivity contribution < 1.29 is 4.79 Å². The maximum absolute atomic E-state index is 12.3. The van der Waals surface area contributed by atoms with Gasteiger partial charge in [0.1, 0.15) is 0 Å². The topological polar surface area (TPSA) is 84.7 Å². The second kappa shape index (κ2) is 8.21. The fourth-order valence-corrected chi connectivity index (χ4v) is 3.18. The molecular formula is C21H24N6O. The van der Waals surface area contributed by atoms with Crippen LogP contribution in [0.5, 0.6) is 0 Å². The summed E-state index contributed by atoms with van der Waals surface area (Å²) in [4.78, 5) is 12.3. The van der Waals surface area contributed by atoms with Gasteiger partial charge in [0.05, 0.1) is 6.04 Å². The number of nitrogens with zero attached hydrogens (tertiary/aromatic N) is 4. The summed E-state index contributed by atoms with van der Waals surface area (Å²) in [5.74, 6) is 0.739. The van der Waals surface area contributed by atoms with Gasteiger partial charge in [-0.3, -0.25) is 0 Å². The third-order valence-corrected chi connectivity index (χ3v) is 4.85. The number of urea groups is 1. The van der Waals surface area contributed by atoms with E-state index >= 15 is 0 Å². The molecule has 28 heavy (non-hydrogen) atoms. The van der Waals surface area contributed by atoms with E-state index in [0.717, 1.165) is 42.8 Å². The van der Waals surface area contributed by atoms with Gasteiger partial charge in [-0.25, -0.2) is 9.48 Å². The van der Waals surface area contributed by atoms with Crippen molar-refractivity contribution in [2.24, 2.45) is 0 Å². The molecule has 144 valence electrons. The maximum atomic E-state index is 12.3. The Hall–Kier alpha value is -3.22. The molecule has 3 aromatic rings. The number of anilines is 1. The number of carbonyl (C=O) groups excluding carboxylic acids is 1. The molecule has 2 N–H and O–H groups in total. The van der Waals surface area contributed by atoms with Crippen molar-refractivity contribution >= 4 is 11.7 Å². The zero-order valence-corrected chi connectivity index (χ0v) is 15.9. The van der Waals surface area contributed by atoms with Crippen LogP contribution in [-0.4, -0.2) is 32.3 Å². The van der Waals surface area contributed by atoms with Crippen LogP contribution >= 0.6 is 0 Å². The Labute approximate surface area is 164 Å². The molecular weight excluding hydrogens is 352 g/mol. The van der Waals surface area contributed by atoms with E-state index < -0.39 is 0 Å². The molecule has 1 aromatic heterocycles. The molecule has 1 saturated carbocycles. The standard InChI is InChI=1S/C21H24N6O/c1-15(10-11-16-6-3-2-4-7-16)22-21(28)23-18-9-5-8-17(14-18)20-24-25-26-27(20)19-12-13-19/h2-9,14-15,19H,10-13H2,1H3,(H2,22,23,28)/t15-/m1/s1. The minimum absolute atomic E-state index is 0.0746. The molecule has 1 aliphatic carbocycles. The van der Waals surface area contributed by atoms with Crippen molar-refractivity contribution in [2.45, 2.75) is 44.7 Å². The van der Waals surface area contributed by atoms with Crippen molar-refractivity contribution in [3.8, 4) is 11.4 Å². The summed E-state index contributed by atoms with van der Waals surface area (Å²) in [7, 11) is 0. The van der Waals surface area contributed by atoms with Crippen LogP contribution < -0.4 is 10.6 Å². The van der Waals surface area contributed by atoms with Crippen LogP contribution in [0.4, 0.5) is 10.5 Å². The van der Waals surface area contributed by atoms with Gasteiger partial charge in [-0.15, -0.1) is 5.10 Å². The van der Waals surface area contributed by atoms with Crippen molar-refractivity contribution in [3.05, 3.63) is 60.2 Å². The van der Waals surface area contributed by atoms with E-state index in [4.69, 9.17) is 0 Å².